The first-order valence-electron chi connectivity index (χ1n) is 11.0. The monoisotopic (exact) mass is 443 g/mol. The van der Waals surface area contributed by atoms with Gasteiger partial charge in [-0.05, 0) is 64.7 Å². The number of H-pyrrole nitrogens is 1. The SMILES string of the molecule is Clc1cccc2oc3ccc(-c4ccc(-c5ccc6[nH]c7ccccc7c6c5)cc4)cc3c12. The first-order valence-corrected chi connectivity index (χ1v) is 11.3. The minimum Gasteiger partial charge on any atom is -0.456 e. The van der Waals surface area contributed by atoms with Gasteiger partial charge in [-0.25, -0.2) is 0 Å². The van der Waals surface area contributed by atoms with E-state index in [1.54, 1.807) is 0 Å². The largest absolute Gasteiger partial charge is 0.456 e. The normalized spacial score (nSPS) is 11.8. The van der Waals surface area contributed by atoms with Crippen LogP contribution in [0.2, 0.25) is 5.02 Å². The van der Waals surface area contributed by atoms with E-state index in [9.17, 15) is 0 Å². The molecule has 0 spiro atoms. The minimum absolute atomic E-state index is 0.714. The summed E-state index contributed by atoms with van der Waals surface area (Å²) in [5.74, 6) is 0. The third kappa shape index (κ3) is 2.88. The zero-order valence-corrected chi connectivity index (χ0v) is 18.4. The summed E-state index contributed by atoms with van der Waals surface area (Å²) in [7, 11) is 0. The molecule has 0 bridgehead atoms. The number of furan rings is 1. The number of benzene rings is 5. The Morgan fingerprint density at radius 3 is 2.00 bits per heavy atom. The maximum absolute atomic E-state index is 6.47. The van der Waals surface area contributed by atoms with Crippen LogP contribution < -0.4 is 0 Å². The third-order valence-corrected chi connectivity index (χ3v) is 6.82. The molecule has 0 saturated carbocycles. The lowest BCUT2D eigenvalue weighted by Gasteiger charge is -2.06. The Kier molecular flexibility index (Phi) is 3.93. The van der Waals surface area contributed by atoms with E-state index in [1.165, 1.54) is 27.4 Å². The average Bonchev–Trinajstić information content (AvgIpc) is 3.42. The molecule has 1 N–H and O–H groups in total. The molecule has 0 aliphatic heterocycles. The third-order valence-electron chi connectivity index (χ3n) is 6.50. The summed E-state index contributed by atoms with van der Waals surface area (Å²) in [5, 5.41) is 5.24. The van der Waals surface area contributed by atoms with Crippen molar-refractivity contribution >= 4 is 55.3 Å². The highest BCUT2D eigenvalue weighted by Crippen LogP contribution is 2.37. The number of nitrogens with one attached hydrogen (secondary N) is 1. The van der Waals surface area contributed by atoms with Crippen molar-refractivity contribution in [3.05, 3.63) is 108 Å². The molecule has 0 atom stereocenters. The molecule has 0 unspecified atom stereocenters. The van der Waals surface area contributed by atoms with Crippen molar-refractivity contribution in [2.24, 2.45) is 0 Å². The van der Waals surface area contributed by atoms with Crippen molar-refractivity contribution < 1.29 is 4.42 Å². The van der Waals surface area contributed by atoms with E-state index in [4.69, 9.17) is 16.0 Å². The van der Waals surface area contributed by atoms with Gasteiger partial charge in [0.25, 0.3) is 0 Å². The fourth-order valence-electron chi connectivity index (χ4n) is 4.85. The molecule has 0 aliphatic rings. The number of hydrogen-bond donors (Lipinski definition) is 1. The molecule has 3 heteroatoms. The zero-order valence-electron chi connectivity index (χ0n) is 17.6. The molecule has 156 valence electrons. The highest BCUT2D eigenvalue weighted by atomic mass is 35.5. The van der Waals surface area contributed by atoms with Crippen LogP contribution in [0.5, 0.6) is 0 Å². The molecular formula is C30H18ClNO. The van der Waals surface area contributed by atoms with Crippen molar-refractivity contribution in [1.82, 2.24) is 4.98 Å². The Balaban J connectivity index is 1.30. The molecule has 2 nitrogen and oxygen atoms in total. The summed E-state index contributed by atoms with van der Waals surface area (Å²) in [6.45, 7) is 0. The predicted octanol–water partition coefficient (Wildman–Crippen LogP) is 9.21. The minimum atomic E-state index is 0.714. The van der Waals surface area contributed by atoms with Gasteiger partial charge in [0.15, 0.2) is 0 Å². The van der Waals surface area contributed by atoms with Gasteiger partial charge in [-0.1, -0.05) is 72.3 Å². The fourth-order valence-corrected chi connectivity index (χ4v) is 5.11. The van der Waals surface area contributed by atoms with Crippen LogP contribution in [0.1, 0.15) is 0 Å². The molecule has 7 aromatic rings. The van der Waals surface area contributed by atoms with Crippen molar-refractivity contribution in [3.8, 4) is 22.3 Å². The highest BCUT2D eigenvalue weighted by Gasteiger charge is 2.12. The van der Waals surface area contributed by atoms with Gasteiger partial charge in [0.05, 0.1) is 5.02 Å². The second-order valence-corrected chi connectivity index (χ2v) is 8.84. The van der Waals surface area contributed by atoms with Crippen LogP contribution in [-0.2, 0) is 0 Å². The first kappa shape index (κ1) is 18.6. The molecular weight excluding hydrogens is 426 g/mol. The molecule has 0 amide bonds. The lowest BCUT2D eigenvalue weighted by molar-refractivity contribution is 0.669. The average molecular weight is 444 g/mol. The predicted molar refractivity (Wildman–Crippen MR) is 139 cm³/mol. The van der Waals surface area contributed by atoms with Crippen LogP contribution in [0.3, 0.4) is 0 Å². The first-order chi connectivity index (χ1) is 16.2. The van der Waals surface area contributed by atoms with E-state index >= 15 is 0 Å². The molecule has 0 fully saturated rings. The summed E-state index contributed by atoms with van der Waals surface area (Å²) in [5.41, 5.74) is 8.71. The van der Waals surface area contributed by atoms with Crippen molar-refractivity contribution in [2.45, 2.75) is 0 Å². The summed E-state index contributed by atoms with van der Waals surface area (Å²) in [6.07, 6.45) is 0. The van der Waals surface area contributed by atoms with Crippen LogP contribution in [0.4, 0.5) is 0 Å². The van der Waals surface area contributed by atoms with Crippen LogP contribution in [0, 0.1) is 0 Å². The Morgan fingerprint density at radius 1 is 0.515 bits per heavy atom. The van der Waals surface area contributed by atoms with Crippen LogP contribution in [-0.4, -0.2) is 4.98 Å². The molecule has 0 aliphatic carbocycles. The molecule has 7 rings (SSSR count). The van der Waals surface area contributed by atoms with E-state index in [1.807, 2.05) is 24.3 Å². The molecule has 2 heterocycles. The summed E-state index contributed by atoms with van der Waals surface area (Å²) in [6, 6.07) is 35.9. The second-order valence-electron chi connectivity index (χ2n) is 8.43. The molecule has 0 saturated heterocycles. The van der Waals surface area contributed by atoms with Crippen LogP contribution in [0.25, 0.3) is 66.0 Å². The maximum atomic E-state index is 6.47. The van der Waals surface area contributed by atoms with Gasteiger partial charge < -0.3 is 9.40 Å². The van der Waals surface area contributed by atoms with E-state index in [2.05, 4.69) is 83.8 Å². The van der Waals surface area contributed by atoms with Gasteiger partial charge in [-0.3, -0.25) is 0 Å². The zero-order chi connectivity index (χ0) is 21.9. The summed E-state index contributed by atoms with van der Waals surface area (Å²) in [4.78, 5) is 3.50. The van der Waals surface area contributed by atoms with Crippen LogP contribution >= 0.6 is 11.6 Å². The molecule has 2 aromatic heterocycles. The number of aromatic nitrogens is 1. The quantitative estimate of drug-likeness (QED) is 0.283. The van der Waals surface area contributed by atoms with Crippen molar-refractivity contribution in [3.63, 3.8) is 0 Å². The molecule has 5 aromatic carbocycles. The van der Waals surface area contributed by atoms with E-state index in [0.717, 1.165) is 38.6 Å². The van der Waals surface area contributed by atoms with E-state index in [0.29, 0.717) is 5.02 Å². The van der Waals surface area contributed by atoms with Crippen molar-refractivity contribution in [2.75, 3.05) is 0 Å². The van der Waals surface area contributed by atoms with Crippen molar-refractivity contribution in [1.29, 1.82) is 0 Å². The standard InChI is InChI=1S/C30H18ClNO/c31-25-5-3-7-29-30(25)24-17-21(13-15-28(24)33-29)19-10-8-18(9-11-19)20-12-14-27-23(16-20)22-4-1-2-6-26(22)32-27/h1-17,32H. The maximum Gasteiger partial charge on any atom is 0.136 e. The van der Waals surface area contributed by atoms with Gasteiger partial charge in [0, 0.05) is 32.6 Å². The van der Waals surface area contributed by atoms with Gasteiger partial charge in [-0.2, -0.15) is 0 Å². The van der Waals surface area contributed by atoms with Gasteiger partial charge in [0.1, 0.15) is 11.2 Å². The van der Waals surface area contributed by atoms with E-state index in [-0.39, 0.29) is 0 Å². The molecule has 33 heavy (non-hydrogen) atoms. The van der Waals surface area contributed by atoms with Gasteiger partial charge in [0.2, 0.25) is 0 Å². The van der Waals surface area contributed by atoms with Gasteiger partial charge >= 0.3 is 0 Å². The Labute approximate surface area is 195 Å². The second kappa shape index (κ2) is 6.99. The number of rotatable bonds is 2. The number of fused-ring (bicyclic) bond motifs is 6. The Bertz CT molecular complexity index is 1820. The number of aromatic amines is 1. The summed E-state index contributed by atoms with van der Waals surface area (Å²) >= 11 is 6.47. The summed E-state index contributed by atoms with van der Waals surface area (Å²) < 4.78 is 5.97. The highest BCUT2D eigenvalue weighted by molar-refractivity contribution is 6.37. The van der Waals surface area contributed by atoms with E-state index < -0.39 is 0 Å². The Morgan fingerprint density at radius 2 is 1.18 bits per heavy atom. The smallest absolute Gasteiger partial charge is 0.136 e. The number of para-hydroxylation sites is 1. The lowest BCUT2D eigenvalue weighted by Crippen LogP contribution is -1.81. The van der Waals surface area contributed by atoms with Gasteiger partial charge in [-0.15, -0.1) is 0 Å². The topological polar surface area (TPSA) is 28.9 Å². The number of halogens is 1. The van der Waals surface area contributed by atoms with Crippen LogP contribution in [0.15, 0.2) is 108 Å². The fraction of sp³-hybridized carbons (Fsp3) is 0. The Hall–Kier alpha value is -4.01. The number of hydrogen-bond acceptors (Lipinski definition) is 1. The molecule has 0 radical (unpaired) electrons. The lowest BCUT2D eigenvalue weighted by atomic mass is 9.98.